The van der Waals surface area contributed by atoms with Gasteiger partial charge in [0.1, 0.15) is 11.1 Å². The molecule has 0 spiro atoms. The van der Waals surface area contributed by atoms with Crippen LogP contribution in [0.2, 0.25) is 5.02 Å². The van der Waals surface area contributed by atoms with Crippen molar-refractivity contribution in [3.8, 4) is 5.75 Å². The maximum atomic E-state index is 13.4. The summed E-state index contributed by atoms with van der Waals surface area (Å²) in [6.07, 6.45) is 4.11. The van der Waals surface area contributed by atoms with Crippen LogP contribution >= 0.6 is 11.6 Å². The third-order valence-corrected chi connectivity index (χ3v) is 9.25. The van der Waals surface area contributed by atoms with Gasteiger partial charge < -0.3 is 15.7 Å². The number of aromatic hydroxyl groups is 1. The fourth-order valence-corrected chi connectivity index (χ4v) is 7.08. The number of nitrogens with one attached hydrogen (secondary N) is 2. The number of hydrogen-bond donors (Lipinski definition) is 3. The van der Waals surface area contributed by atoms with Crippen LogP contribution < -0.4 is 10.6 Å². The molecule has 1 aromatic carbocycles. The number of nitrogens with zero attached hydrogens (tertiary/aromatic N) is 1. The smallest absolute Gasteiger partial charge is 0.319 e. The minimum Gasteiger partial charge on any atom is -0.504 e. The fourth-order valence-electron chi connectivity index (χ4n) is 4.60. The zero-order valence-electron chi connectivity index (χ0n) is 17.3. The number of benzene rings is 1. The van der Waals surface area contributed by atoms with E-state index < -0.39 is 33.0 Å². The number of urea groups is 1. The van der Waals surface area contributed by atoms with Crippen LogP contribution in [0.25, 0.3) is 0 Å². The van der Waals surface area contributed by atoms with E-state index in [0.717, 1.165) is 18.4 Å². The second-order valence-electron chi connectivity index (χ2n) is 8.62. The molecule has 3 aliphatic rings. The lowest BCUT2D eigenvalue weighted by atomic mass is 9.91. The van der Waals surface area contributed by atoms with Crippen LogP contribution in [0.3, 0.4) is 0 Å². The minimum absolute atomic E-state index is 0.0178. The first kappa shape index (κ1) is 22.4. The van der Waals surface area contributed by atoms with Gasteiger partial charge in [-0.3, -0.25) is 4.90 Å². The van der Waals surface area contributed by atoms with Crippen molar-refractivity contribution in [1.82, 2.24) is 10.2 Å². The van der Waals surface area contributed by atoms with E-state index in [1.807, 2.05) is 11.8 Å². The number of phenols is 1. The highest BCUT2D eigenvalue weighted by atomic mass is 35.5. The largest absolute Gasteiger partial charge is 0.504 e. The monoisotopic (exact) mass is 471 g/mol. The summed E-state index contributed by atoms with van der Waals surface area (Å²) in [7, 11) is -3.91. The number of allylic oxidation sites excluding steroid dienone is 1. The van der Waals surface area contributed by atoms with Crippen molar-refractivity contribution < 1.29 is 22.7 Å². The summed E-state index contributed by atoms with van der Waals surface area (Å²) in [5, 5.41) is 15.2. The molecule has 2 fully saturated rings. The first-order valence-electron chi connectivity index (χ1n) is 10.5. The number of anilines is 1. The van der Waals surface area contributed by atoms with Gasteiger partial charge in [0.05, 0.1) is 22.0 Å². The Morgan fingerprint density at radius 3 is 2.65 bits per heavy atom. The summed E-state index contributed by atoms with van der Waals surface area (Å²) in [6, 6.07) is 2.15. The maximum absolute atomic E-state index is 13.4. The van der Waals surface area contributed by atoms with Crippen molar-refractivity contribution in [2.24, 2.45) is 0 Å². The van der Waals surface area contributed by atoms with Crippen molar-refractivity contribution in [2.75, 3.05) is 18.4 Å². The topological polar surface area (TPSA) is 98.7 Å². The molecule has 2 atom stereocenters. The van der Waals surface area contributed by atoms with Crippen LogP contribution in [-0.2, 0) is 9.84 Å². The molecule has 2 aliphatic carbocycles. The van der Waals surface area contributed by atoms with E-state index in [9.17, 15) is 22.7 Å². The molecule has 2 amide bonds. The van der Waals surface area contributed by atoms with Crippen LogP contribution in [-0.4, -0.2) is 61.1 Å². The molecule has 10 heteroatoms. The Morgan fingerprint density at radius 2 is 2.03 bits per heavy atom. The number of sulfone groups is 1. The molecule has 7 nitrogen and oxygen atoms in total. The summed E-state index contributed by atoms with van der Waals surface area (Å²) < 4.78 is 39.8. The molecule has 1 saturated carbocycles. The quantitative estimate of drug-likeness (QED) is 0.450. The van der Waals surface area contributed by atoms with Crippen LogP contribution in [0.15, 0.2) is 28.7 Å². The minimum atomic E-state index is -3.91. The van der Waals surface area contributed by atoms with Gasteiger partial charge in [-0.2, -0.15) is 0 Å². The molecule has 0 aromatic heterocycles. The molecule has 0 radical (unpaired) electrons. The van der Waals surface area contributed by atoms with Crippen molar-refractivity contribution in [2.45, 2.75) is 67.4 Å². The van der Waals surface area contributed by atoms with E-state index in [2.05, 4.69) is 16.7 Å². The standard InChI is InChI=1S/C21H27ClFN3O4S/c1-12-3-2-4-17(12)24-21(28)25-18-6-5-16(22)20(19(18)27)31(29,30)15-9-14(10-15)26-8-7-13(23)11-26/h3,5-6,13-15,17,27H,2,4,7-11H2,1H3,(H2,24,25,28)/t13-,14-,15-,17-/m1/s1. The highest BCUT2D eigenvalue weighted by Crippen LogP contribution is 2.43. The van der Waals surface area contributed by atoms with Crippen molar-refractivity contribution >= 4 is 33.2 Å². The molecule has 1 aliphatic heterocycles. The summed E-state index contributed by atoms with van der Waals surface area (Å²) >= 11 is 6.15. The lowest BCUT2D eigenvalue weighted by molar-refractivity contribution is 0.150. The SMILES string of the molecule is CC1=CCC[C@H]1NC(=O)Nc1ccc(Cl)c(S(=O)(=O)[C@H]2C[C@H](N3CC[C@@H](F)C3)C2)c1O. The number of rotatable bonds is 5. The van der Waals surface area contributed by atoms with Gasteiger partial charge in [-0.25, -0.2) is 17.6 Å². The summed E-state index contributed by atoms with van der Waals surface area (Å²) in [6.45, 7) is 2.91. The highest BCUT2D eigenvalue weighted by Gasteiger charge is 2.45. The lowest BCUT2D eigenvalue weighted by Crippen LogP contribution is -2.49. The second-order valence-corrected chi connectivity index (χ2v) is 11.2. The molecular weight excluding hydrogens is 445 g/mol. The zero-order chi connectivity index (χ0) is 22.3. The Balaban J connectivity index is 1.47. The molecule has 1 heterocycles. The number of alkyl halides is 1. The third kappa shape index (κ3) is 4.40. The van der Waals surface area contributed by atoms with Gasteiger partial charge in [0.2, 0.25) is 0 Å². The van der Waals surface area contributed by atoms with E-state index in [1.165, 1.54) is 12.1 Å². The van der Waals surface area contributed by atoms with Gasteiger partial charge in [0.25, 0.3) is 0 Å². The Hall–Kier alpha value is -1.84. The Labute approximate surface area is 186 Å². The van der Waals surface area contributed by atoms with Crippen molar-refractivity contribution in [1.29, 1.82) is 0 Å². The number of halogens is 2. The normalized spacial score (nSPS) is 28.8. The first-order valence-corrected chi connectivity index (χ1v) is 12.5. The number of hydrogen-bond acceptors (Lipinski definition) is 5. The number of likely N-dealkylation sites (tertiary alicyclic amines) is 1. The van der Waals surface area contributed by atoms with Gasteiger partial charge >= 0.3 is 6.03 Å². The van der Waals surface area contributed by atoms with Crippen LogP contribution in [0, 0.1) is 0 Å². The molecule has 0 bridgehead atoms. The average Bonchev–Trinajstić information content (AvgIpc) is 3.24. The van der Waals surface area contributed by atoms with Gasteiger partial charge in [0.15, 0.2) is 15.6 Å². The lowest BCUT2D eigenvalue weighted by Gasteiger charge is -2.40. The Bertz CT molecular complexity index is 1010. The predicted molar refractivity (Wildman–Crippen MR) is 117 cm³/mol. The highest BCUT2D eigenvalue weighted by molar-refractivity contribution is 7.92. The van der Waals surface area contributed by atoms with E-state index >= 15 is 0 Å². The first-order chi connectivity index (χ1) is 14.7. The second kappa shape index (κ2) is 8.60. The van der Waals surface area contributed by atoms with Crippen LogP contribution in [0.5, 0.6) is 5.75 Å². The molecule has 31 heavy (non-hydrogen) atoms. The molecule has 0 unspecified atom stereocenters. The molecule has 3 N–H and O–H groups in total. The summed E-state index contributed by atoms with van der Waals surface area (Å²) in [4.78, 5) is 14.0. The number of carbonyl (C=O) groups excluding carboxylic acids is 1. The molecule has 4 rings (SSSR count). The van der Waals surface area contributed by atoms with Crippen molar-refractivity contribution in [3.05, 3.63) is 28.8 Å². The summed E-state index contributed by atoms with van der Waals surface area (Å²) in [5.41, 5.74) is 1.05. The predicted octanol–water partition coefficient (Wildman–Crippen LogP) is 3.62. The van der Waals surface area contributed by atoms with Gasteiger partial charge in [0, 0.05) is 19.1 Å². The van der Waals surface area contributed by atoms with Gasteiger partial charge in [-0.1, -0.05) is 23.3 Å². The Morgan fingerprint density at radius 1 is 1.29 bits per heavy atom. The van der Waals surface area contributed by atoms with E-state index in [4.69, 9.17) is 11.6 Å². The van der Waals surface area contributed by atoms with Crippen LogP contribution in [0.1, 0.15) is 39.0 Å². The molecule has 1 aromatic rings. The maximum Gasteiger partial charge on any atom is 0.319 e. The van der Waals surface area contributed by atoms with Crippen molar-refractivity contribution in [3.63, 3.8) is 0 Å². The van der Waals surface area contributed by atoms with E-state index in [-0.39, 0.29) is 27.7 Å². The van der Waals surface area contributed by atoms with E-state index in [0.29, 0.717) is 32.4 Å². The zero-order valence-corrected chi connectivity index (χ0v) is 18.8. The molecule has 1 saturated heterocycles. The molecular formula is C21H27ClFN3O4S. The van der Waals surface area contributed by atoms with Crippen LogP contribution in [0.4, 0.5) is 14.9 Å². The number of carbonyl (C=O) groups is 1. The Kier molecular flexibility index (Phi) is 6.20. The number of phenolic OH excluding ortho intramolecular Hbond substituents is 1. The van der Waals surface area contributed by atoms with E-state index in [1.54, 1.807) is 0 Å². The summed E-state index contributed by atoms with van der Waals surface area (Å²) in [5.74, 6) is -0.560. The fraction of sp³-hybridized carbons (Fsp3) is 0.571. The molecule has 170 valence electrons. The average molecular weight is 472 g/mol. The third-order valence-electron chi connectivity index (χ3n) is 6.58. The van der Waals surface area contributed by atoms with Gasteiger partial charge in [-0.05, 0) is 51.2 Å². The van der Waals surface area contributed by atoms with Gasteiger partial charge in [-0.15, -0.1) is 0 Å². The number of amides is 2.